The number of benzene rings is 2. The number of ether oxygens (including phenoxy) is 2. The van der Waals surface area contributed by atoms with Gasteiger partial charge in [-0.2, -0.15) is 0 Å². The Hall–Kier alpha value is -2.79. The van der Waals surface area contributed by atoms with Gasteiger partial charge in [-0.25, -0.2) is 0 Å². The molecule has 0 aliphatic carbocycles. The molecule has 158 valence electrons. The van der Waals surface area contributed by atoms with E-state index < -0.39 is 0 Å². The van der Waals surface area contributed by atoms with Crippen LogP contribution >= 0.6 is 0 Å². The van der Waals surface area contributed by atoms with Gasteiger partial charge in [0.05, 0.1) is 12.6 Å². The van der Waals surface area contributed by atoms with Gasteiger partial charge in [0.2, 0.25) is 0 Å². The minimum absolute atomic E-state index is 0.121. The number of aryl methyl sites for hydroxylation is 2. The van der Waals surface area contributed by atoms with Crippen LogP contribution in [0.2, 0.25) is 0 Å². The monoisotopic (exact) mass is 406 g/mol. The van der Waals surface area contributed by atoms with Crippen LogP contribution in [0.15, 0.2) is 47.4 Å². The molecule has 1 aromatic heterocycles. The molecule has 5 heteroatoms. The molecule has 0 unspecified atom stereocenters. The van der Waals surface area contributed by atoms with Gasteiger partial charge in [0.25, 0.3) is 0 Å². The van der Waals surface area contributed by atoms with Gasteiger partial charge in [0.15, 0.2) is 5.43 Å². The standard InChI is InChI=1S/C25H30N2O3/c1-4-27-16-20(15-26-13-5-6-14-26)24(28)22-12-7-18(2)25(23(22)27)30-17-19-8-10-21(29-3)11-9-19/h7-12,16H,4-6,13-15,17H2,1-3H3. The molecule has 3 aromatic rings. The van der Waals surface area contributed by atoms with Crippen molar-refractivity contribution in [3.63, 3.8) is 0 Å². The maximum Gasteiger partial charge on any atom is 0.194 e. The molecule has 30 heavy (non-hydrogen) atoms. The molecule has 0 bridgehead atoms. The second-order valence-corrected chi connectivity index (χ2v) is 8.00. The molecular weight excluding hydrogens is 376 g/mol. The third-order valence-electron chi connectivity index (χ3n) is 5.94. The quantitative estimate of drug-likeness (QED) is 0.579. The van der Waals surface area contributed by atoms with Gasteiger partial charge in [-0.15, -0.1) is 0 Å². The molecule has 4 rings (SSSR count). The van der Waals surface area contributed by atoms with Crippen LogP contribution in [0.3, 0.4) is 0 Å². The average Bonchev–Trinajstić information content (AvgIpc) is 3.28. The highest BCUT2D eigenvalue weighted by atomic mass is 16.5. The van der Waals surface area contributed by atoms with Crippen molar-refractivity contribution in [1.29, 1.82) is 0 Å². The van der Waals surface area contributed by atoms with E-state index in [0.29, 0.717) is 6.61 Å². The Bertz CT molecular complexity index is 1080. The van der Waals surface area contributed by atoms with Gasteiger partial charge in [0.1, 0.15) is 18.1 Å². The van der Waals surface area contributed by atoms with E-state index in [1.807, 2.05) is 49.5 Å². The Morgan fingerprint density at radius 2 is 1.77 bits per heavy atom. The third kappa shape index (κ3) is 4.08. The van der Waals surface area contributed by atoms with Crippen molar-refractivity contribution >= 4 is 10.9 Å². The van der Waals surface area contributed by atoms with Crippen LogP contribution in [0.1, 0.15) is 36.5 Å². The molecule has 0 N–H and O–H groups in total. The van der Waals surface area contributed by atoms with Crippen LogP contribution in [0.4, 0.5) is 0 Å². The Kier molecular flexibility index (Phi) is 6.09. The zero-order valence-electron chi connectivity index (χ0n) is 18.1. The predicted molar refractivity (Wildman–Crippen MR) is 120 cm³/mol. The first kappa shape index (κ1) is 20.5. The Morgan fingerprint density at radius 3 is 2.43 bits per heavy atom. The van der Waals surface area contributed by atoms with Crippen LogP contribution < -0.4 is 14.9 Å². The maximum absolute atomic E-state index is 13.3. The molecule has 1 aliphatic rings. The number of methoxy groups -OCH3 is 1. The zero-order valence-corrected chi connectivity index (χ0v) is 18.1. The summed E-state index contributed by atoms with van der Waals surface area (Å²) in [7, 11) is 1.66. The smallest absolute Gasteiger partial charge is 0.194 e. The van der Waals surface area contributed by atoms with Gasteiger partial charge in [-0.3, -0.25) is 9.69 Å². The molecule has 0 amide bonds. The number of rotatable bonds is 7. The molecular formula is C25H30N2O3. The van der Waals surface area contributed by atoms with Crippen molar-refractivity contribution in [3.05, 3.63) is 69.5 Å². The molecule has 5 nitrogen and oxygen atoms in total. The van der Waals surface area contributed by atoms with Crippen LogP contribution in [-0.2, 0) is 19.7 Å². The largest absolute Gasteiger partial charge is 0.497 e. The summed E-state index contributed by atoms with van der Waals surface area (Å²) >= 11 is 0. The van der Waals surface area contributed by atoms with Crippen molar-refractivity contribution in [2.24, 2.45) is 0 Å². The summed E-state index contributed by atoms with van der Waals surface area (Å²) in [5, 5.41) is 0.740. The van der Waals surface area contributed by atoms with Gasteiger partial charge in [-0.1, -0.05) is 18.2 Å². The van der Waals surface area contributed by atoms with E-state index >= 15 is 0 Å². The van der Waals surface area contributed by atoms with Crippen molar-refractivity contribution in [2.45, 2.75) is 46.4 Å². The van der Waals surface area contributed by atoms with E-state index in [1.165, 1.54) is 12.8 Å². The number of hydrogen-bond donors (Lipinski definition) is 0. The fraction of sp³-hybridized carbons (Fsp3) is 0.400. The van der Waals surface area contributed by atoms with Crippen LogP contribution in [0, 0.1) is 6.92 Å². The first-order valence-corrected chi connectivity index (χ1v) is 10.7. The van der Waals surface area contributed by atoms with Crippen LogP contribution in [-0.4, -0.2) is 29.7 Å². The van der Waals surface area contributed by atoms with Crippen molar-refractivity contribution in [1.82, 2.24) is 9.47 Å². The van der Waals surface area contributed by atoms with Crippen LogP contribution in [0.5, 0.6) is 11.5 Å². The van der Waals surface area contributed by atoms with E-state index in [4.69, 9.17) is 9.47 Å². The Morgan fingerprint density at radius 1 is 1.03 bits per heavy atom. The summed E-state index contributed by atoms with van der Waals surface area (Å²) in [6.07, 6.45) is 4.47. The average molecular weight is 407 g/mol. The number of aromatic nitrogens is 1. The summed E-state index contributed by atoms with van der Waals surface area (Å²) in [5.74, 6) is 1.61. The highest BCUT2D eigenvalue weighted by molar-refractivity contribution is 5.86. The number of hydrogen-bond acceptors (Lipinski definition) is 4. The topological polar surface area (TPSA) is 43.7 Å². The highest BCUT2D eigenvalue weighted by Crippen LogP contribution is 2.30. The fourth-order valence-corrected chi connectivity index (χ4v) is 4.23. The lowest BCUT2D eigenvalue weighted by Gasteiger charge is -2.20. The Labute approximate surface area is 177 Å². The third-order valence-corrected chi connectivity index (χ3v) is 5.94. The van der Waals surface area contributed by atoms with Crippen molar-refractivity contribution < 1.29 is 9.47 Å². The predicted octanol–water partition coefficient (Wildman–Crippen LogP) is 4.51. The van der Waals surface area contributed by atoms with Gasteiger partial charge in [-0.05, 0) is 69.1 Å². The summed E-state index contributed by atoms with van der Waals surface area (Å²) in [5.41, 5.74) is 3.97. The molecule has 1 saturated heterocycles. The molecule has 0 atom stereocenters. The maximum atomic E-state index is 13.3. The summed E-state index contributed by atoms with van der Waals surface area (Å²) in [6.45, 7) is 8.25. The number of likely N-dealkylation sites (tertiary alicyclic amines) is 1. The highest BCUT2D eigenvalue weighted by Gasteiger charge is 2.18. The van der Waals surface area contributed by atoms with Gasteiger partial charge < -0.3 is 14.0 Å². The van der Waals surface area contributed by atoms with E-state index in [9.17, 15) is 4.79 Å². The van der Waals surface area contributed by atoms with E-state index in [2.05, 4.69) is 16.4 Å². The summed E-state index contributed by atoms with van der Waals surface area (Å²) in [6, 6.07) is 11.8. The minimum atomic E-state index is 0.121. The lowest BCUT2D eigenvalue weighted by molar-refractivity contribution is 0.306. The molecule has 2 heterocycles. The Balaban J connectivity index is 1.70. The molecule has 0 saturated carbocycles. The number of pyridine rings is 1. The molecule has 0 spiro atoms. The van der Waals surface area contributed by atoms with E-state index in [0.717, 1.165) is 65.3 Å². The molecule has 1 fully saturated rings. The van der Waals surface area contributed by atoms with Crippen molar-refractivity contribution in [3.8, 4) is 11.5 Å². The SMILES string of the molecule is CCn1cc(CN2CCCC2)c(=O)c2ccc(C)c(OCc3ccc(OC)cc3)c21. The zero-order chi connectivity index (χ0) is 21.1. The van der Waals surface area contributed by atoms with E-state index in [-0.39, 0.29) is 5.43 Å². The first-order chi connectivity index (χ1) is 14.6. The molecule has 2 aromatic carbocycles. The molecule has 0 radical (unpaired) electrons. The second kappa shape index (κ2) is 8.92. The minimum Gasteiger partial charge on any atom is -0.497 e. The summed E-state index contributed by atoms with van der Waals surface area (Å²) in [4.78, 5) is 15.7. The van der Waals surface area contributed by atoms with Crippen molar-refractivity contribution in [2.75, 3.05) is 20.2 Å². The van der Waals surface area contributed by atoms with Gasteiger partial charge >= 0.3 is 0 Å². The lowest BCUT2D eigenvalue weighted by Crippen LogP contribution is -2.24. The van der Waals surface area contributed by atoms with E-state index in [1.54, 1.807) is 7.11 Å². The number of nitrogens with zero attached hydrogens (tertiary/aromatic N) is 2. The second-order valence-electron chi connectivity index (χ2n) is 8.00. The molecule has 1 aliphatic heterocycles. The lowest BCUT2D eigenvalue weighted by atomic mass is 10.1. The summed E-state index contributed by atoms with van der Waals surface area (Å²) < 4.78 is 13.7. The van der Waals surface area contributed by atoms with Crippen LogP contribution in [0.25, 0.3) is 10.9 Å². The first-order valence-electron chi connectivity index (χ1n) is 10.7. The number of fused-ring (bicyclic) bond motifs is 1. The fourth-order valence-electron chi connectivity index (χ4n) is 4.23. The normalized spacial score (nSPS) is 14.4. The van der Waals surface area contributed by atoms with Gasteiger partial charge in [0, 0.05) is 30.2 Å².